The first-order valence-electron chi connectivity index (χ1n) is 11.7. The Morgan fingerprint density at radius 2 is 1.53 bits per heavy atom. The minimum absolute atomic E-state index is 0.0515. The second-order valence-corrected chi connectivity index (χ2v) is 8.80. The second kappa shape index (κ2) is 10.6. The van der Waals surface area contributed by atoms with E-state index < -0.39 is 5.92 Å². The van der Waals surface area contributed by atoms with E-state index in [1.807, 2.05) is 11.0 Å². The van der Waals surface area contributed by atoms with Crippen molar-refractivity contribution in [3.05, 3.63) is 48.0 Å². The van der Waals surface area contributed by atoms with Gasteiger partial charge >= 0.3 is 0 Å². The summed E-state index contributed by atoms with van der Waals surface area (Å²) < 4.78 is 10.9. The molecule has 2 aliphatic rings. The number of benzene rings is 2. The number of anilines is 2. The quantitative estimate of drug-likeness (QED) is 0.642. The van der Waals surface area contributed by atoms with Crippen LogP contribution in [0.4, 0.5) is 11.4 Å². The van der Waals surface area contributed by atoms with E-state index in [2.05, 4.69) is 10.6 Å². The predicted molar refractivity (Wildman–Crippen MR) is 129 cm³/mol. The Balaban J connectivity index is 1.47. The lowest BCUT2D eigenvalue weighted by Gasteiger charge is -2.31. The molecule has 1 saturated heterocycles. The molecule has 1 heterocycles. The number of carbonyl (C=O) groups excluding carboxylic acids is 3. The van der Waals surface area contributed by atoms with Gasteiger partial charge in [-0.25, -0.2) is 0 Å². The summed E-state index contributed by atoms with van der Waals surface area (Å²) in [6, 6.07) is 12.3. The molecule has 2 N–H and O–H groups in total. The third-order valence-electron chi connectivity index (χ3n) is 6.61. The molecular formula is C26H31N3O5. The van der Waals surface area contributed by atoms with Crippen LogP contribution in [0.3, 0.4) is 0 Å². The van der Waals surface area contributed by atoms with Gasteiger partial charge in [-0.2, -0.15) is 0 Å². The van der Waals surface area contributed by atoms with E-state index in [1.165, 1.54) is 20.6 Å². The summed E-state index contributed by atoms with van der Waals surface area (Å²) >= 11 is 0. The van der Waals surface area contributed by atoms with Crippen molar-refractivity contribution in [3.8, 4) is 11.5 Å². The van der Waals surface area contributed by atoms with Crippen LogP contribution in [0.5, 0.6) is 11.5 Å². The highest BCUT2D eigenvalue weighted by Crippen LogP contribution is 2.37. The van der Waals surface area contributed by atoms with E-state index in [4.69, 9.17) is 9.47 Å². The van der Waals surface area contributed by atoms with Crippen LogP contribution in [0.15, 0.2) is 42.5 Å². The third kappa shape index (κ3) is 5.16. The minimum Gasteiger partial charge on any atom is -0.494 e. The van der Waals surface area contributed by atoms with Gasteiger partial charge in [-0.3, -0.25) is 14.4 Å². The topological polar surface area (TPSA) is 97.0 Å². The zero-order valence-corrected chi connectivity index (χ0v) is 19.6. The summed E-state index contributed by atoms with van der Waals surface area (Å²) in [5, 5.41) is 5.73. The number of nitrogens with one attached hydrogen (secondary N) is 2. The van der Waals surface area contributed by atoms with Crippen LogP contribution in [0.25, 0.3) is 0 Å². The van der Waals surface area contributed by atoms with Crippen LogP contribution < -0.4 is 20.1 Å². The minimum atomic E-state index is -0.414. The molecule has 0 aromatic heterocycles. The van der Waals surface area contributed by atoms with Crippen LogP contribution in [0.1, 0.15) is 48.9 Å². The van der Waals surface area contributed by atoms with E-state index in [1.54, 1.807) is 36.4 Å². The number of hydrogen-bond donors (Lipinski definition) is 2. The van der Waals surface area contributed by atoms with Gasteiger partial charge in [0, 0.05) is 36.7 Å². The van der Waals surface area contributed by atoms with E-state index in [0.717, 1.165) is 25.7 Å². The van der Waals surface area contributed by atoms with Gasteiger partial charge in [0.25, 0.3) is 5.91 Å². The first-order valence-corrected chi connectivity index (χ1v) is 11.7. The van der Waals surface area contributed by atoms with Gasteiger partial charge in [-0.05, 0) is 25.0 Å². The molecule has 1 aliphatic carbocycles. The predicted octanol–water partition coefficient (Wildman–Crippen LogP) is 4.08. The van der Waals surface area contributed by atoms with Gasteiger partial charge in [-0.15, -0.1) is 0 Å². The largest absolute Gasteiger partial charge is 0.494 e. The van der Waals surface area contributed by atoms with Crippen molar-refractivity contribution in [2.45, 2.75) is 44.6 Å². The molecule has 0 radical (unpaired) electrons. The zero-order valence-electron chi connectivity index (χ0n) is 19.6. The Kier molecular flexibility index (Phi) is 7.35. The molecule has 180 valence electrons. The molecule has 2 aromatic carbocycles. The molecule has 0 spiro atoms. The highest BCUT2D eigenvalue weighted by atomic mass is 16.5. The molecule has 1 saturated carbocycles. The van der Waals surface area contributed by atoms with E-state index in [-0.39, 0.29) is 30.2 Å². The maximum absolute atomic E-state index is 13.0. The van der Waals surface area contributed by atoms with Crippen molar-refractivity contribution in [3.63, 3.8) is 0 Å². The molecule has 8 heteroatoms. The molecule has 4 rings (SSSR count). The number of hydrogen-bond acceptors (Lipinski definition) is 5. The van der Waals surface area contributed by atoms with Crippen LogP contribution in [0.2, 0.25) is 0 Å². The fraction of sp³-hybridized carbons (Fsp3) is 0.423. The van der Waals surface area contributed by atoms with Crippen LogP contribution in [-0.4, -0.2) is 49.4 Å². The maximum atomic E-state index is 13.0. The number of rotatable bonds is 7. The summed E-state index contributed by atoms with van der Waals surface area (Å²) in [5.41, 5.74) is 1.35. The molecule has 8 nitrogen and oxygen atoms in total. The first-order chi connectivity index (χ1) is 16.5. The Bertz CT molecular complexity index is 1050. The van der Waals surface area contributed by atoms with Gasteiger partial charge in [0.15, 0.2) is 0 Å². The lowest BCUT2D eigenvalue weighted by Crippen LogP contribution is -2.38. The average Bonchev–Trinajstić information content (AvgIpc) is 3.27. The molecule has 34 heavy (non-hydrogen) atoms. The molecular weight excluding hydrogens is 434 g/mol. The highest BCUT2D eigenvalue weighted by Gasteiger charge is 2.38. The summed E-state index contributed by atoms with van der Waals surface area (Å²) in [5.74, 6) is -0.117. The van der Waals surface area contributed by atoms with Gasteiger partial charge in [-0.1, -0.05) is 37.5 Å². The van der Waals surface area contributed by atoms with E-state index in [9.17, 15) is 14.4 Å². The third-order valence-corrected chi connectivity index (χ3v) is 6.61. The van der Waals surface area contributed by atoms with Gasteiger partial charge in [0.05, 0.1) is 31.5 Å². The van der Waals surface area contributed by atoms with Gasteiger partial charge in [0.1, 0.15) is 11.5 Å². The summed E-state index contributed by atoms with van der Waals surface area (Å²) in [7, 11) is 2.98. The SMILES string of the molecule is COc1cc(NC(=O)C2CC(=O)N(C3CCCCC3)C2)c(OC)cc1NC(=O)c1ccccc1. The number of likely N-dealkylation sites (tertiary alicyclic amines) is 1. The number of ether oxygens (including phenoxy) is 2. The average molecular weight is 466 g/mol. The molecule has 2 aromatic rings. The first kappa shape index (κ1) is 23.6. The van der Waals surface area contributed by atoms with Crippen LogP contribution >= 0.6 is 0 Å². The second-order valence-electron chi connectivity index (χ2n) is 8.80. The Labute approximate surface area is 199 Å². The molecule has 1 aliphatic heterocycles. The fourth-order valence-corrected chi connectivity index (χ4v) is 4.76. The zero-order chi connectivity index (χ0) is 24.1. The standard InChI is InChI=1S/C26H31N3O5/c1-33-22-15-21(23(34-2)14-20(22)27-25(31)17-9-5-3-6-10-17)28-26(32)18-13-24(30)29(16-18)19-11-7-4-8-12-19/h3,5-6,9-10,14-15,18-19H,4,7-8,11-13,16H2,1-2H3,(H,27,31)(H,28,32). The molecule has 1 unspecified atom stereocenters. The van der Waals surface area contributed by atoms with Crippen molar-refractivity contribution >= 4 is 29.1 Å². The van der Waals surface area contributed by atoms with Crippen molar-refractivity contribution in [1.82, 2.24) is 4.90 Å². The summed E-state index contributed by atoms with van der Waals surface area (Å²) in [6.45, 7) is 0.444. The Morgan fingerprint density at radius 3 is 2.15 bits per heavy atom. The van der Waals surface area contributed by atoms with Crippen molar-refractivity contribution < 1.29 is 23.9 Å². The van der Waals surface area contributed by atoms with E-state index in [0.29, 0.717) is 35.0 Å². The van der Waals surface area contributed by atoms with Crippen molar-refractivity contribution in [2.75, 3.05) is 31.4 Å². The highest BCUT2D eigenvalue weighted by molar-refractivity contribution is 6.06. The summed E-state index contributed by atoms with van der Waals surface area (Å²) in [6.07, 6.45) is 5.73. The maximum Gasteiger partial charge on any atom is 0.255 e. The van der Waals surface area contributed by atoms with E-state index >= 15 is 0 Å². The molecule has 0 bridgehead atoms. The molecule has 1 atom stereocenters. The van der Waals surface area contributed by atoms with Gasteiger partial charge < -0.3 is 25.0 Å². The van der Waals surface area contributed by atoms with Gasteiger partial charge in [0.2, 0.25) is 11.8 Å². The Morgan fingerprint density at radius 1 is 0.912 bits per heavy atom. The lowest BCUT2D eigenvalue weighted by molar-refractivity contribution is -0.130. The monoisotopic (exact) mass is 465 g/mol. The lowest BCUT2D eigenvalue weighted by atomic mass is 9.94. The molecule has 3 amide bonds. The van der Waals surface area contributed by atoms with Crippen molar-refractivity contribution in [2.24, 2.45) is 5.92 Å². The number of carbonyl (C=O) groups is 3. The number of amides is 3. The smallest absolute Gasteiger partial charge is 0.255 e. The fourth-order valence-electron chi connectivity index (χ4n) is 4.76. The molecule has 2 fully saturated rings. The number of nitrogens with zero attached hydrogens (tertiary/aromatic N) is 1. The van der Waals surface area contributed by atoms with Crippen molar-refractivity contribution in [1.29, 1.82) is 0 Å². The Hall–Kier alpha value is -3.55. The van der Waals surface area contributed by atoms with Crippen LogP contribution in [0, 0.1) is 5.92 Å². The summed E-state index contributed by atoms with van der Waals surface area (Å²) in [4.78, 5) is 40.1. The normalized spacial score (nSPS) is 18.5. The number of methoxy groups -OCH3 is 2. The van der Waals surface area contributed by atoms with Crippen LogP contribution in [-0.2, 0) is 9.59 Å².